The van der Waals surface area contributed by atoms with Crippen LogP contribution in [0.4, 0.5) is 0 Å². The molecule has 0 amide bonds. The molecule has 0 aliphatic carbocycles. The van der Waals surface area contributed by atoms with E-state index in [2.05, 4.69) is 20.8 Å². The second kappa shape index (κ2) is 4.56. The number of allylic oxidation sites excluding steroid dienone is 1. The van der Waals surface area contributed by atoms with Gasteiger partial charge in [0.05, 0.1) is 0 Å². The minimum Gasteiger partial charge on any atom is -0.291 e. The van der Waals surface area contributed by atoms with Crippen molar-refractivity contribution in [1.82, 2.24) is 0 Å². The monoisotopic (exact) mass is 158 g/mol. The number of thioether (sulfide) groups is 1. The molecule has 0 saturated carbocycles. The highest BCUT2D eigenvalue weighted by molar-refractivity contribution is 8.14. The molecule has 1 nitrogen and oxygen atoms in total. The molecule has 0 aromatic carbocycles. The summed E-state index contributed by atoms with van der Waals surface area (Å²) >= 11 is 1.19. The smallest absolute Gasteiger partial charge is 0.180 e. The summed E-state index contributed by atoms with van der Waals surface area (Å²) in [5.74, 6) is 0. The average molecular weight is 158 g/mol. The maximum absolute atomic E-state index is 9.84. The van der Waals surface area contributed by atoms with Crippen LogP contribution in [-0.2, 0) is 4.79 Å². The molecule has 0 aromatic rings. The maximum atomic E-state index is 9.84. The van der Waals surface area contributed by atoms with Crippen LogP contribution < -0.4 is 0 Å². The molecule has 0 radical (unpaired) electrons. The van der Waals surface area contributed by atoms with Gasteiger partial charge in [0.25, 0.3) is 0 Å². The van der Waals surface area contributed by atoms with Gasteiger partial charge in [-0.2, -0.15) is 0 Å². The second-order valence-corrected chi connectivity index (χ2v) is 4.11. The Morgan fingerprint density at radius 1 is 1.40 bits per heavy atom. The van der Waals surface area contributed by atoms with Crippen molar-refractivity contribution in [3.8, 4) is 0 Å². The van der Waals surface area contributed by atoms with Crippen LogP contribution in [0.15, 0.2) is 11.5 Å². The van der Waals surface area contributed by atoms with Crippen molar-refractivity contribution in [3.05, 3.63) is 11.5 Å². The molecule has 58 valence electrons. The molecular formula is C8H14OS. The SMILES string of the molecule is CC(C)(C)C/C=C/SC=O. The van der Waals surface area contributed by atoms with Gasteiger partial charge in [-0.3, -0.25) is 4.79 Å². The van der Waals surface area contributed by atoms with Crippen LogP contribution >= 0.6 is 11.8 Å². The Morgan fingerprint density at radius 3 is 2.40 bits per heavy atom. The fraction of sp³-hybridized carbons (Fsp3) is 0.625. The molecule has 0 heterocycles. The Kier molecular flexibility index (Phi) is 4.45. The lowest BCUT2D eigenvalue weighted by atomic mass is 9.93. The minimum atomic E-state index is 0.333. The quantitative estimate of drug-likeness (QED) is 0.587. The molecule has 0 unspecified atom stereocenters. The molecule has 0 rings (SSSR count). The van der Waals surface area contributed by atoms with Crippen molar-refractivity contribution in [2.24, 2.45) is 5.41 Å². The lowest BCUT2D eigenvalue weighted by molar-refractivity contribution is 0.421. The van der Waals surface area contributed by atoms with Crippen LogP contribution in [0.5, 0.6) is 0 Å². The van der Waals surface area contributed by atoms with Gasteiger partial charge in [0, 0.05) is 0 Å². The Hall–Kier alpha value is -0.240. The first-order valence-electron chi connectivity index (χ1n) is 3.30. The van der Waals surface area contributed by atoms with E-state index < -0.39 is 0 Å². The molecule has 0 N–H and O–H groups in total. The highest BCUT2D eigenvalue weighted by atomic mass is 32.2. The van der Waals surface area contributed by atoms with Crippen molar-refractivity contribution in [2.45, 2.75) is 27.2 Å². The van der Waals surface area contributed by atoms with E-state index in [0.29, 0.717) is 5.41 Å². The maximum Gasteiger partial charge on any atom is 0.180 e. The first-order chi connectivity index (χ1) is 4.56. The number of hydrogen-bond donors (Lipinski definition) is 0. The van der Waals surface area contributed by atoms with E-state index in [1.807, 2.05) is 11.5 Å². The Balaban J connectivity index is 3.43. The molecule has 0 aliphatic heterocycles. The zero-order valence-electron chi connectivity index (χ0n) is 6.76. The third-order valence-corrected chi connectivity index (χ3v) is 1.42. The van der Waals surface area contributed by atoms with Crippen LogP contribution in [0.2, 0.25) is 0 Å². The van der Waals surface area contributed by atoms with Crippen LogP contribution in [0.1, 0.15) is 27.2 Å². The average Bonchev–Trinajstić information content (AvgIpc) is 1.78. The summed E-state index contributed by atoms with van der Waals surface area (Å²) in [7, 11) is 0. The normalized spacial score (nSPS) is 12.3. The highest BCUT2D eigenvalue weighted by Crippen LogP contribution is 2.19. The van der Waals surface area contributed by atoms with Gasteiger partial charge >= 0.3 is 0 Å². The van der Waals surface area contributed by atoms with Gasteiger partial charge in [0.2, 0.25) is 0 Å². The summed E-state index contributed by atoms with van der Waals surface area (Å²) in [6.07, 6.45) is 3.05. The van der Waals surface area contributed by atoms with Gasteiger partial charge in [-0.25, -0.2) is 0 Å². The third kappa shape index (κ3) is 7.76. The van der Waals surface area contributed by atoms with E-state index in [9.17, 15) is 4.79 Å². The summed E-state index contributed by atoms with van der Waals surface area (Å²) in [4.78, 5) is 9.84. The van der Waals surface area contributed by atoms with Crippen LogP contribution in [0, 0.1) is 5.41 Å². The van der Waals surface area contributed by atoms with Crippen molar-refractivity contribution < 1.29 is 4.79 Å². The molecule has 0 aromatic heterocycles. The van der Waals surface area contributed by atoms with Gasteiger partial charge in [0.1, 0.15) is 0 Å². The first-order valence-corrected chi connectivity index (χ1v) is 4.25. The standard InChI is InChI=1S/C8H14OS/c1-8(2,3)5-4-6-10-7-9/h4,6-7H,5H2,1-3H3/b6-4+. The largest absolute Gasteiger partial charge is 0.291 e. The number of hydrogen-bond acceptors (Lipinski definition) is 2. The Morgan fingerprint density at radius 2 is 2.00 bits per heavy atom. The van der Waals surface area contributed by atoms with Crippen molar-refractivity contribution in [3.63, 3.8) is 0 Å². The molecule has 0 saturated heterocycles. The summed E-state index contributed by atoms with van der Waals surface area (Å²) in [6.45, 7) is 6.51. The fourth-order valence-electron chi connectivity index (χ4n) is 0.489. The predicted octanol–water partition coefficient (Wildman–Crippen LogP) is 2.86. The minimum absolute atomic E-state index is 0.333. The van der Waals surface area contributed by atoms with E-state index in [1.165, 1.54) is 11.8 Å². The van der Waals surface area contributed by atoms with Gasteiger partial charge in [-0.15, -0.1) is 0 Å². The van der Waals surface area contributed by atoms with Crippen LogP contribution in [0.3, 0.4) is 0 Å². The summed E-state index contributed by atoms with van der Waals surface area (Å²) in [5.41, 5.74) is 1.17. The Bertz CT molecular complexity index is 122. The van der Waals surface area contributed by atoms with Crippen molar-refractivity contribution in [2.75, 3.05) is 0 Å². The second-order valence-electron chi connectivity index (χ2n) is 3.37. The zero-order chi connectivity index (χ0) is 8.04. The summed E-state index contributed by atoms with van der Waals surface area (Å²) in [6, 6.07) is 0. The molecular weight excluding hydrogens is 144 g/mol. The van der Waals surface area contributed by atoms with E-state index in [-0.39, 0.29) is 0 Å². The van der Waals surface area contributed by atoms with Gasteiger partial charge < -0.3 is 0 Å². The fourth-order valence-corrected chi connectivity index (χ4v) is 0.761. The number of carbonyl (C=O) groups is 1. The predicted molar refractivity (Wildman–Crippen MR) is 47.6 cm³/mol. The van der Waals surface area contributed by atoms with Crippen molar-refractivity contribution >= 4 is 17.4 Å². The molecule has 0 bridgehead atoms. The highest BCUT2D eigenvalue weighted by Gasteiger charge is 2.05. The van der Waals surface area contributed by atoms with Gasteiger partial charge in [-0.1, -0.05) is 38.6 Å². The Labute approximate surface area is 66.9 Å². The molecule has 0 spiro atoms. The molecule has 0 atom stereocenters. The zero-order valence-corrected chi connectivity index (χ0v) is 7.57. The number of carbonyl (C=O) groups excluding carboxylic acids is 1. The molecule has 0 fully saturated rings. The lowest BCUT2D eigenvalue weighted by Gasteiger charge is -2.13. The summed E-state index contributed by atoms with van der Waals surface area (Å²) in [5, 5.41) is 1.83. The van der Waals surface area contributed by atoms with E-state index in [4.69, 9.17) is 0 Å². The molecule has 2 heteroatoms. The molecule has 0 aliphatic rings. The molecule has 10 heavy (non-hydrogen) atoms. The first kappa shape index (κ1) is 9.76. The van der Waals surface area contributed by atoms with Crippen LogP contribution in [-0.4, -0.2) is 5.62 Å². The topological polar surface area (TPSA) is 17.1 Å². The van der Waals surface area contributed by atoms with Gasteiger partial charge in [0.15, 0.2) is 5.62 Å². The van der Waals surface area contributed by atoms with Crippen molar-refractivity contribution in [1.29, 1.82) is 0 Å². The summed E-state index contributed by atoms with van der Waals surface area (Å²) < 4.78 is 0. The van der Waals surface area contributed by atoms with Crippen LogP contribution in [0.25, 0.3) is 0 Å². The van der Waals surface area contributed by atoms with E-state index >= 15 is 0 Å². The van der Waals surface area contributed by atoms with E-state index in [1.54, 1.807) is 0 Å². The number of rotatable bonds is 3. The third-order valence-electron chi connectivity index (χ3n) is 0.961. The van der Waals surface area contributed by atoms with Gasteiger partial charge in [-0.05, 0) is 17.2 Å². The van der Waals surface area contributed by atoms with E-state index in [0.717, 1.165) is 12.0 Å². The lowest BCUT2D eigenvalue weighted by Crippen LogP contribution is -2.01.